The molecule has 0 aromatic heterocycles. The maximum atomic E-state index is 11.7. The molecule has 2 rings (SSSR count). The highest BCUT2D eigenvalue weighted by atomic mass is 32.2. The lowest BCUT2D eigenvalue weighted by Crippen LogP contribution is -2.37. The van der Waals surface area contributed by atoms with Gasteiger partial charge in [-0.05, 0) is 12.8 Å². The molecule has 0 spiro atoms. The third-order valence-corrected chi connectivity index (χ3v) is 4.83. The maximum Gasteiger partial charge on any atom is 0.230 e. The average molecular weight is 256 g/mol. The lowest BCUT2D eigenvalue weighted by Gasteiger charge is -2.13. The van der Waals surface area contributed by atoms with E-state index < -0.39 is 0 Å². The van der Waals surface area contributed by atoms with E-state index in [4.69, 9.17) is 0 Å². The van der Waals surface area contributed by atoms with Crippen molar-refractivity contribution in [2.75, 3.05) is 19.3 Å². The van der Waals surface area contributed by atoms with Crippen molar-refractivity contribution in [3.8, 4) is 0 Å². The van der Waals surface area contributed by atoms with Gasteiger partial charge in [-0.3, -0.25) is 9.59 Å². The number of thioether (sulfide) groups is 1. The molecule has 0 bridgehead atoms. The van der Waals surface area contributed by atoms with Gasteiger partial charge in [0, 0.05) is 25.3 Å². The number of likely N-dealkylation sites (N-methyl/N-ethyl adjacent to an activating group) is 1. The van der Waals surface area contributed by atoms with Gasteiger partial charge in [0.05, 0.1) is 11.8 Å². The van der Waals surface area contributed by atoms with Gasteiger partial charge in [0.2, 0.25) is 11.8 Å². The van der Waals surface area contributed by atoms with Gasteiger partial charge in [0.15, 0.2) is 0 Å². The zero-order valence-corrected chi connectivity index (χ0v) is 11.1. The predicted octanol–water partition coefficient (Wildman–Crippen LogP) is 1.01. The van der Waals surface area contributed by atoms with Gasteiger partial charge in [-0.1, -0.05) is 12.8 Å². The molecule has 4 nitrogen and oxygen atoms in total. The average Bonchev–Trinajstić information content (AvgIpc) is 2.87. The highest BCUT2D eigenvalue weighted by molar-refractivity contribution is 8.00. The Morgan fingerprint density at radius 2 is 2.18 bits per heavy atom. The number of carbonyl (C=O) groups excluding carboxylic acids is 2. The van der Waals surface area contributed by atoms with Gasteiger partial charge in [-0.2, -0.15) is 0 Å². The fraction of sp³-hybridized carbons (Fsp3) is 0.833. The number of carbonyl (C=O) groups is 2. The predicted molar refractivity (Wildman–Crippen MR) is 68.9 cm³/mol. The second-order valence-electron chi connectivity index (χ2n) is 4.96. The number of likely N-dealkylation sites (tertiary alicyclic amines) is 1. The number of amides is 2. The number of hydrogen-bond acceptors (Lipinski definition) is 3. The minimum atomic E-state index is 0.0178. The summed E-state index contributed by atoms with van der Waals surface area (Å²) in [4.78, 5) is 24.7. The van der Waals surface area contributed by atoms with Crippen LogP contribution in [0.1, 0.15) is 32.1 Å². The first kappa shape index (κ1) is 12.7. The van der Waals surface area contributed by atoms with E-state index in [-0.39, 0.29) is 17.9 Å². The molecule has 2 aliphatic rings. The van der Waals surface area contributed by atoms with Crippen molar-refractivity contribution >= 4 is 23.6 Å². The molecule has 1 atom stereocenters. The molecule has 96 valence electrons. The van der Waals surface area contributed by atoms with Crippen molar-refractivity contribution in [3.63, 3.8) is 0 Å². The van der Waals surface area contributed by atoms with Crippen LogP contribution in [0.15, 0.2) is 0 Å². The summed E-state index contributed by atoms with van der Waals surface area (Å²) in [5, 5.41) is 3.62. The van der Waals surface area contributed by atoms with Crippen LogP contribution in [0.3, 0.4) is 0 Å². The van der Waals surface area contributed by atoms with E-state index in [1.54, 1.807) is 23.7 Å². The van der Waals surface area contributed by atoms with Crippen LogP contribution in [0.4, 0.5) is 0 Å². The molecule has 1 heterocycles. The maximum absolute atomic E-state index is 11.7. The van der Waals surface area contributed by atoms with E-state index in [2.05, 4.69) is 5.32 Å². The Kier molecular flexibility index (Phi) is 4.31. The summed E-state index contributed by atoms with van der Waals surface area (Å²) < 4.78 is 0. The smallest absolute Gasteiger partial charge is 0.230 e. The van der Waals surface area contributed by atoms with Gasteiger partial charge in [0.25, 0.3) is 0 Å². The Morgan fingerprint density at radius 1 is 1.47 bits per heavy atom. The standard InChI is InChI=1S/C12H20N2O2S/c1-14-7-9(6-12(14)16)13-11(15)8-17-10-4-2-3-5-10/h9-10H,2-8H2,1H3,(H,13,15)/t9-/m0/s1. The first-order chi connectivity index (χ1) is 8.15. The minimum Gasteiger partial charge on any atom is -0.350 e. The second kappa shape index (κ2) is 5.76. The van der Waals surface area contributed by atoms with E-state index in [0.717, 1.165) is 0 Å². The molecule has 0 aromatic carbocycles. The second-order valence-corrected chi connectivity index (χ2v) is 6.25. The normalized spacial score (nSPS) is 25.6. The summed E-state index contributed by atoms with van der Waals surface area (Å²) >= 11 is 1.77. The monoisotopic (exact) mass is 256 g/mol. The zero-order valence-electron chi connectivity index (χ0n) is 10.3. The molecule has 1 aliphatic heterocycles. The SMILES string of the molecule is CN1C[C@@H](NC(=O)CSC2CCCC2)CC1=O. The molecule has 2 amide bonds. The van der Waals surface area contributed by atoms with Gasteiger partial charge < -0.3 is 10.2 Å². The largest absolute Gasteiger partial charge is 0.350 e. The van der Waals surface area contributed by atoms with Crippen LogP contribution >= 0.6 is 11.8 Å². The summed E-state index contributed by atoms with van der Waals surface area (Å²) in [5.74, 6) is 0.743. The van der Waals surface area contributed by atoms with E-state index in [1.165, 1.54) is 25.7 Å². The van der Waals surface area contributed by atoms with Crippen molar-refractivity contribution in [2.45, 2.75) is 43.4 Å². The van der Waals surface area contributed by atoms with Crippen molar-refractivity contribution in [3.05, 3.63) is 0 Å². The topological polar surface area (TPSA) is 49.4 Å². The summed E-state index contributed by atoms with van der Waals surface area (Å²) in [6.07, 6.45) is 5.57. The summed E-state index contributed by atoms with van der Waals surface area (Å²) in [6, 6.07) is 0.0178. The zero-order chi connectivity index (χ0) is 12.3. The van der Waals surface area contributed by atoms with E-state index in [1.807, 2.05) is 0 Å². The molecule has 1 N–H and O–H groups in total. The van der Waals surface area contributed by atoms with Crippen molar-refractivity contribution < 1.29 is 9.59 Å². The van der Waals surface area contributed by atoms with Gasteiger partial charge in [0.1, 0.15) is 0 Å². The first-order valence-corrected chi connectivity index (χ1v) is 7.35. The first-order valence-electron chi connectivity index (χ1n) is 6.30. The van der Waals surface area contributed by atoms with Crippen LogP contribution in [-0.4, -0.2) is 47.4 Å². The molecule has 0 radical (unpaired) electrons. The summed E-state index contributed by atoms with van der Waals surface area (Å²) in [5.41, 5.74) is 0. The van der Waals surface area contributed by atoms with E-state index in [9.17, 15) is 9.59 Å². The van der Waals surface area contributed by atoms with Gasteiger partial charge in [-0.15, -0.1) is 11.8 Å². The van der Waals surface area contributed by atoms with Crippen molar-refractivity contribution in [1.29, 1.82) is 0 Å². The number of nitrogens with one attached hydrogen (secondary N) is 1. The highest BCUT2D eigenvalue weighted by Gasteiger charge is 2.28. The Hall–Kier alpha value is -0.710. The van der Waals surface area contributed by atoms with Crippen molar-refractivity contribution in [1.82, 2.24) is 10.2 Å². The molecule has 17 heavy (non-hydrogen) atoms. The minimum absolute atomic E-state index is 0.0178. The number of rotatable bonds is 4. The lowest BCUT2D eigenvalue weighted by atomic mass is 10.2. The fourth-order valence-electron chi connectivity index (χ4n) is 2.48. The molecule has 1 saturated carbocycles. The number of nitrogens with zero attached hydrogens (tertiary/aromatic N) is 1. The molecule has 1 saturated heterocycles. The molecular formula is C12H20N2O2S. The molecule has 1 aliphatic carbocycles. The fourth-order valence-corrected chi connectivity index (χ4v) is 3.62. The lowest BCUT2D eigenvalue weighted by molar-refractivity contribution is -0.126. The Balaban J connectivity index is 1.65. The number of hydrogen-bond donors (Lipinski definition) is 1. The van der Waals surface area contributed by atoms with Crippen LogP contribution in [0.5, 0.6) is 0 Å². The highest BCUT2D eigenvalue weighted by Crippen LogP contribution is 2.29. The van der Waals surface area contributed by atoms with Gasteiger partial charge >= 0.3 is 0 Å². The van der Waals surface area contributed by atoms with Crippen LogP contribution in [0, 0.1) is 0 Å². The molecular weight excluding hydrogens is 236 g/mol. The Bertz CT molecular complexity index is 303. The quantitative estimate of drug-likeness (QED) is 0.816. The third kappa shape index (κ3) is 3.63. The molecule has 0 unspecified atom stereocenters. The van der Waals surface area contributed by atoms with Crippen LogP contribution in [0.25, 0.3) is 0 Å². The van der Waals surface area contributed by atoms with E-state index in [0.29, 0.717) is 24.0 Å². The van der Waals surface area contributed by atoms with Gasteiger partial charge in [-0.25, -0.2) is 0 Å². The Labute approximate surface area is 106 Å². The Morgan fingerprint density at radius 3 is 2.76 bits per heavy atom. The third-order valence-electron chi connectivity index (χ3n) is 3.46. The van der Waals surface area contributed by atoms with Crippen LogP contribution < -0.4 is 5.32 Å². The molecule has 0 aromatic rings. The molecule has 5 heteroatoms. The molecule has 2 fully saturated rings. The van der Waals surface area contributed by atoms with Crippen molar-refractivity contribution in [2.24, 2.45) is 0 Å². The summed E-state index contributed by atoms with van der Waals surface area (Å²) in [7, 11) is 1.78. The van der Waals surface area contributed by atoms with Crippen LogP contribution in [0.2, 0.25) is 0 Å². The summed E-state index contributed by atoms with van der Waals surface area (Å²) in [6.45, 7) is 0.651. The van der Waals surface area contributed by atoms with Crippen LogP contribution in [-0.2, 0) is 9.59 Å². The van der Waals surface area contributed by atoms with E-state index >= 15 is 0 Å².